The molecule has 1 atom stereocenters. The van der Waals surface area contributed by atoms with E-state index >= 15 is 0 Å². The lowest BCUT2D eigenvalue weighted by Gasteiger charge is -2.39. The lowest BCUT2D eigenvalue weighted by atomic mass is 9.82. The molecule has 0 saturated carbocycles. The van der Waals surface area contributed by atoms with Crippen molar-refractivity contribution >= 4 is 23.2 Å². The van der Waals surface area contributed by atoms with Crippen LogP contribution >= 0.6 is 11.3 Å². The normalized spacial score (nSPS) is 22.6. The molecule has 2 aromatic rings. The van der Waals surface area contributed by atoms with E-state index in [9.17, 15) is 9.59 Å². The van der Waals surface area contributed by atoms with Gasteiger partial charge in [-0.15, -0.1) is 0 Å². The first-order valence-electron chi connectivity index (χ1n) is 8.35. The van der Waals surface area contributed by atoms with Crippen molar-refractivity contribution in [3.05, 3.63) is 58.3 Å². The average molecular weight is 340 g/mol. The van der Waals surface area contributed by atoms with E-state index in [1.54, 1.807) is 11.3 Å². The van der Waals surface area contributed by atoms with E-state index < -0.39 is 0 Å². The number of rotatable bonds is 2. The highest BCUT2D eigenvalue weighted by Crippen LogP contribution is 2.39. The minimum Gasteiger partial charge on any atom is -0.350 e. The second-order valence-corrected chi connectivity index (χ2v) is 7.52. The summed E-state index contributed by atoms with van der Waals surface area (Å²) in [4.78, 5) is 26.8. The largest absolute Gasteiger partial charge is 0.350 e. The maximum Gasteiger partial charge on any atom is 0.254 e. The molecule has 2 fully saturated rings. The maximum atomic E-state index is 12.5. The summed E-state index contributed by atoms with van der Waals surface area (Å²) in [5.74, 6) is 0.166. The molecule has 1 N–H and O–H groups in total. The van der Waals surface area contributed by atoms with Gasteiger partial charge in [0.1, 0.15) is 0 Å². The van der Waals surface area contributed by atoms with Crippen molar-refractivity contribution in [2.75, 3.05) is 13.1 Å². The van der Waals surface area contributed by atoms with Gasteiger partial charge in [-0.05, 0) is 36.3 Å². The van der Waals surface area contributed by atoms with E-state index in [1.165, 1.54) is 0 Å². The van der Waals surface area contributed by atoms with E-state index in [4.69, 9.17) is 0 Å². The zero-order chi connectivity index (χ0) is 16.6. The van der Waals surface area contributed by atoms with E-state index in [1.807, 2.05) is 52.1 Å². The van der Waals surface area contributed by atoms with Gasteiger partial charge in [-0.3, -0.25) is 9.59 Å². The average Bonchev–Trinajstić information content (AvgIpc) is 3.25. The predicted molar refractivity (Wildman–Crippen MR) is 94.1 cm³/mol. The number of carbonyl (C=O) groups excluding carboxylic acids is 2. The molecular weight excluding hydrogens is 320 g/mol. The Labute approximate surface area is 145 Å². The van der Waals surface area contributed by atoms with Gasteiger partial charge in [-0.2, -0.15) is 11.3 Å². The summed E-state index contributed by atoms with van der Waals surface area (Å²) in [7, 11) is 0. The van der Waals surface area contributed by atoms with Gasteiger partial charge in [0.15, 0.2) is 0 Å². The van der Waals surface area contributed by atoms with E-state index in [-0.39, 0.29) is 23.3 Å². The third kappa shape index (κ3) is 2.73. The fourth-order valence-electron chi connectivity index (χ4n) is 3.87. The lowest BCUT2D eigenvalue weighted by molar-refractivity contribution is -0.121. The van der Waals surface area contributed by atoms with Crippen LogP contribution in [0.1, 0.15) is 41.1 Å². The molecule has 3 heterocycles. The Morgan fingerprint density at radius 3 is 2.58 bits per heavy atom. The number of benzene rings is 1. The molecule has 2 aliphatic heterocycles. The van der Waals surface area contributed by atoms with Crippen LogP contribution in [0.2, 0.25) is 0 Å². The molecule has 4 rings (SSSR count). The Kier molecular flexibility index (Phi) is 3.88. The zero-order valence-corrected chi connectivity index (χ0v) is 14.2. The van der Waals surface area contributed by atoms with Crippen molar-refractivity contribution in [3.63, 3.8) is 0 Å². The Bertz CT molecular complexity index is 734. The van der Waals surface area contributed by atoms with Crippen molar-refractivity contribution in [2.24, 2.45) is 0 Å². The number of thiophene rings is 1. The number of nitrogens with one attached hydrogen (secondary N) is 1. The van der Waals surface area contributed by atoms with Crippen LogP contribution in [0.25, 0.3) is 0 Å². The summed E-state index contributed by atoms with van der Waals surface area (Å²) < 4.78 is 0. The van der Waals surface area contributed by atoms with Crippen molar-refractivity contribution in [2.45, 2.75) is 30.7 Å². The van der Waals surface area contributed by atoms with E-state index in [0.29, 0.717) is 13.1 Å². The van der Waals surface area contributed by atoms with Gasteiger partial charge < -0.3 is 10.2 Å². The van der Waals surface area contributed by atoms with Crippen LogP contribution in [-0.2, 0) is 4.79 Å². The number of piperidine rings is 1. The highest BCUT2D eigenvalue weighted by atomic mass is 32.1. The lowest BCUT2D eigenvalue weighted by Crippen LogP contribution is -2.52. The van der Waals surface area contributed by atoms with Crippen molar-refractivity contribution in [1.29, 1.82) is 0 Å². The van der Waals surface area contributed by atoms with Gasteiger partial charge in [0.05, 0.1) is 11.5 Å². The Morgan fingerprint density at radius 2 is 1.92 bits per heavy atom. The van der Waals surface area contributed by atoms with Crippen LogP contribution in [0.4, 0.5) is 0 Å². The molecule has 5 heteroatoms. The van der Waals surface area contributed by atoms with Gasteiger partial charge in [0.2, 0.25) is 5.91 Å². The van der Waals surface area contributed by atoms with Crippen molar-refractivity contribution in [3.8, 4) is 0 Å². The highest BCUT2D eigenvalue weighted by Gasteiger charge is 2.46. The third-order valence-electron chi connectivity index (χ3n) is 5.28. The summed E-state index contributed by atoms with van der Waals surface area (Å²) in [6.07, 6.45) is 2.49. The highest BCUT2D eigenvalue weighted by molar-refractivity contribution is 7.08. The standard InChI is InChI=1S/C19H20N2O2S/c22-17-16(14-4-2-1-3-5-14)12-19(20-17)7-9-21(10-8-19)18(23)15-6-11-24-13-15/h1-6,11,13,16H,7-10,12H2,(H,20,22)/t16-/m0/s1. The Hall–Kier alpha value is -2.14. The van der Waals surface area contributed by atoms with Gasteiger partial charge in [-0.25, -0.2) is 0 Å². The first-order chi connectivity index (χ1) is 11.7. The van der Waals surface area contributed by atoms with E-state index in [2.05, 4.69) is 5.32 Å². The van der Waals surface area contributed by atoms with Gasteiger partial charge in [0, 0.05) is 24.0 Å². The number of likely N-dealkylation sites (tertiary alicyclic amines) is 1. The Balaban J connectivity index is 1.44. The van der Waals surface area contributed by atoms with Gasteiger partial charge in [-0.1, -0.05) is 30.3 Å². The molecule has 0 unspecified atom stereocenters. The summed E-state index contributed by atoms with van der Waals surface area (Å²) in [6, 6.07) is 11.9. The predicted octanol–water partition coefficient (Wildman–Crippen LogP) is 3.03. The molecule has 0 bridgehead atoms. The second-order valence-electron chi connectivity index (χ2n) is 6.74. The molecule has 2 aliphatic rings. The zero-order valence-electron chi connectivity index (χ0n) is 13.4. The first kappa shape index (κ1) is 15.4. The molecule has 1 aromatic carbocycles. The van der Waals surface area contributed by atoms with Gasteiger partial charge >= 0.3 is 0 Å². The second kappa shape index (κ2) is 6.06. The quantitative estimate of drug-likeness (QED) is 0.913. The first-order valence-corrected chi connectivity index (χ1v) is 9.30. The summed E-state index contributed by atoms with van der Waals surface area (Å²) >= 11 is 1.54. The van der Waals surface area contributed by atoms with Crippen molar-refractivity contribution < 1.29 is 9.59 Å². The smallest absolute Gasteiger partial charge is 0.254 e. The molecule has 24 heavy (non-hydrogen) atoms. The topological polar surface area (TPSA) is 49.4 Å². The fourth-order valence-corrected chi connectivity index (χ4v) is 4.50. The molecule has 124 valence electrons. The van der Waals surface area contributed by atoms with Crippen LogP contribution < -0.4 is 5.32 Å². The monoisotopic (exact) mass is 340 g/mol. The molecule has 0 aliphatic carbocycles. The number of carbonyl (C=O) groups is 2. The summed E-state index contributed by atoms with van der Waals surface area (Å²) in [5.41, 5.74) is 1.71. The van der Waals surface area contributed by atoms with Crippen molar-refractivity contribution in [1.82, 2.24) is 10.2 Å². The summed E-state index contributed by atoms with van der Waals surface area (Å²) in [6.45, 7) is 1.41. The minimum atomic E-state index is -0.150. The fraction of sp³-hybridized carbons (Fsp3) is 0.368. The molecule has 1 aromatic heterocycles. The number of nitrogens with zero attached hydrogens (tertiary/aromatic N) is 1. The maximum absolute atomic E-state index is 12.5. The molecule has 4 nitrogen and oxygen atoms in total. The molecule has 2 amide bonds. The third-order valence-corrected chi connectivity index (χ3v) is 5.96. The van der Waals surface area contributed by atoms with E-state index in [0.717, 1.165) is 30.4 Å². The molecule has 2 saturated heterocycles. The minimum absolute atomic E-state index is 0.0645. The van der Waals surface area contributed by atoms with Gasteiger partial charge in [0.25, 0.3) is 5.91 Å². The number of hydrogen-bond donors (Lipinski definition) is 1. The van der Waals surface area contributed by atoms with Crippen LogP contribution in [-0.4, -0.2) is 35.3 Å². The molecular formula is C19H20N2O2S. The summed E-state index contributed by atoms with van der Waals surface area (Å²) in [5, 5.41) is 7.07. The van der Waals surface area contributed by atoms with Crippen LogP contribution in [0.3, 0.4) is 0 Å². The van der Waals surface area contributed by atoms with Crippen LogP contribution in [0.5, 0.6) is 0 Å². The SMILES string of the molecule is O=C1NC2(CCN(C(=O)c3ccsc3)CC2)C[C@H]1c1ccccc1. The number of hydrogen-bond acceptors (Lipinski definition) is 3. The number of amides is 2. The molecule has 0 radical (unpaired) electrons. The molecule has 1 spiro atoms. The van der Waals surface area contributed by atoms with Crippen LogP contribution in [0, 0.1) is 0 Å². The van der Waals surface area contributed by atoms with Crippen LogP contribution in [0.15, 0.2) is 47.2 Å². The Morgan fingerprint density at radius 1 is 1.17 bits per heavy atom.